The molecule has 50 heavy (non-hydrogen) atoms. The summed E-state index contributed by atoms with van der Waals surface area (Å²) in [6, 6.07) is 12.0. The second kappa shape index (κ2) is 22.0. The van der Waals surface area contributed by atoms with Crippen LogP contribution in [0.1, 0.15) is 93.6 Å². The van der Waals surface area contributed by atoms with E-state index in [0.717, 1.165) is 88.0 Å². The van der Waals surface area contributed by atoms with Crippen LogP contribution in [0.25, 0.3) is 0 Å². The van der Waals surface area contributed by atoms with Gasteiger partial charge in [-0.1, -0.05) is 57.7 Å². The average Bonchev–Trinajstić information content (AvgIpc) is 3.28. The van der Waals surface area contributed by atoms with Gasteiger partial charge in [-0.2, -0.15) is 0 Å². The summed E-state index contributed by atoms with van der Waals surface area (Å²) >= 11 is 6.41. The summed E-state index contributed by atoms with van der Waals surface area (Å²) in [5.41, 5.74) is 9.31. The molecule has 0 saturated heterocycles. The molecule has 0 radical (unpaired) electrons. The van der Waals surface area contributed by atoms with Gasteiger partial charge in [-0.15, -0.1) is 0 Å². The fourth-order valence-electron chi connectivity index (χ4n) is 7.37. The Balaban J connectivity index is 0.000000596. The summed E-state index contributed by atoms with van der Waals surface area (Å²) in [6.45, 7) is 14.4. The number of nitrogens with zero attached hydrogens (tertiary/aromatic N) is 1. The Morgan fingerprint density at radius 1 is 1.06 bits per heavy atom. The van der Waals surface area contributed by atoms with Gasteiger partial charge in [-0.05, 0) is 97.7 Å². The number of amides is 1. The lowest BCUT2D eigenvalue weighted by Crippen LogP contribution is -2.42. The van der Waals surface area contributed by atoms with Crippen molar-refractivity contribution in [1.82, 2.24) is 10.0 Å². The highest BCUT2D eigenvalue weighted by Crippen LogP contribution is 2.45. The number of hydrogen-bond acceptors (Lipinski definition) is 8. The predicted molar refractivity (Wildman–Crippen MR) is 208 cm³/mol. The number of nitrogens with one attached hydrogen (secondary N) is 2. The SMILES string of the molecule is CCCc1cc(Cl)ccc1C1COc2ccc3cc2N(C1)CC1CCC1C(C)CCCC(C)C(C)S(=O)NC3=O.CO.COCCNCCN. The van der Waals surface area contributed by atoms with Gasteiger partial charge in [0.1, 0.15) is 16.7 Å². The second-order valence-electron chi connectivity index (χ2n) is 14.0. The summed E-state index contributed by atoms with van der Waals surface area (Å²) in [4.78, 5) is 15.7. The molecule has 9 nitrogen and oxygen atoms in total. The molecule has 7 atom stereocenters. The van der Waals surface area contributed by atoms with Gasteiger partial charge in [0.15, 0.2) is 0 Å². The number of aliphatic hydroxyl groups is 1. The van der Waals surface area contributed by atoms with E-state index in [2.05, 4.69) is 47.8 Å². The maximum Gasteiger partial charge on any atom is 0.263 e. The number of methoxy groups -OCH3 is 1. The van der Waals surface area contributed by atoms with Crippen LogP contribution in [0.15, 0.2) is 36.4 Å². The molecule has 0 spiro atoms. The second-order valence-corrected chi connectivity index (χ2v) is 16.0. The number of ether oxygens (including phenoxy) is 2. The van der Waals surface area contributed by atoms with Gasteiger partial charge in [-0.25, -0.2) is 4.21 Å². The molecule has 0 aromatic heterocycles. The minimum atomic E-state index is -1.44. The van der Waals surface area contributed by atoms with Gasteiger partial charge in [-0.3, -0.25) is 9.52 Å². The average molecular weight is 735 g/mol. The summed E-state index contributed by atoms with van der Waals surface area (Å²) in [6.07, 6.45) is 7.97. The third-order valence-electron chi connectivity index (χ3n) is 10.6. The molecule has 7 unspecified atom stereocenters. The number of carbonyl (C=O) groups is 1. The Morgan fingerprint density at radius 3 is 2.50 bits per heavy atom. The molecule has 1 saturated carbocycles. The van der Waals surface area contributed by atoms with E-state index in [1.54, 1.807) is 13.2 Å². The van der Waals surface area contributed by atoms with Crippen LogP contribution < -0.4 is 25.4 Å². The summed E-state index contributed by atoms with van der Waals surface area (Å²) in [7, 11) is 1.25. The number of benzene rings is 2. The fourth-order valence-corrected chi connectivity index (χ4v) is 8.61. The highest BCUT2D eigenvalue weighted by molar-refractivity contribution is 7.84. The van der Waals surface area contributed by atoms with Crippen molar-refractivity contribution < 1.29 is 23.6 Å². The molecule has 1 aliphatic carbocycles. The molecule has 11 heteroatoms. The molecule has 2 bridgehead atoms. The first-order valence-electron chi connectivity index (χ1n) is 18.5. The number of rotatable bonds is 8. The lowest BCUT2D eigenvalue weighted by Gasteiger charge is -2.44. The van der Waals surface area contributed by atoms with Crippen LogP contribution in [0.2, 0.25) is 5.02 Å². The third kappa shape index (κ3) is 11.9. The molecule has 2 aliphatic heterocycles. The highest BCUT2D eigenvalue weighted by Gasteiger charge is 2.38. The van der Waals surface area contributed by atoms with Crippen molar-refractivity contribution in [3.05, 3.63) is 58.1 Å². The van der Waals surface area contributed by atoms with E-state index in [4.69, 9.17) is 31.9 Å². The van der Waals surface area contributed by atoms with Crippen molar-refractivity contribution >= 4 is 34.2 Å². The van der Waals surface area contributed by atoms with E-state index in [1.807, 2.05) is 25.1 Å². The van der Waals surface area contributed by atoms with Crippen LogP contribution in [0, 0.1) is 23.7 Å². The number of anilines is 1. The normalized spacial score (nSPS) is 26.7. The minimum Gasteiger partial charge on any atom is -0.491 e. The topological polar surface area (TPSA) is 126 Å². The first-order chi connectivity index (χ1) is 24.2. The number of carbonyl (C=O) groups excluding carboxylic acids is 1. The molecule has 5 rings (SSSR count). The van der Waals surface area contributed by atoms with Crippen molar-refractivity contribution in [3.63, 3.8) is 0 Å². The summed E-state index contributed by atoms with van der Waals surface area (Å²) < 4.78 is 27.1. The molecular weight excluding hydrogens is 672 g/mol. The third-order valence-corrected chi connectivity index (χ3v) is 12.4. The maximum absolute atomic E-state index is 13.3. The Labute approximate surface area is 309 Å². The van der Waals surface area contributed by atoms with E-state index >= 15 is 0 Å². The predicted octanol–water partition coefficient (Wildman–Crippen LogP) is 6.33. The molecule has 282 valence electrons. The number of halogens is 1. The first-order valence-corrected chi connectivity index (χ1v) is 20.1. The van der Waals surface area contributed by atoms with Crippen molar-refractivity contribution in [2.24, 2.45) is 29.4 Å². The fraction of sp³-hybridized carbons (Fsp3) is 0.667. The lowest BCUT2D eigenvalue weighted by molar-refractivity contribution is 0.0982. The molecule has 2 aromatic carbocycles. The highest BCUT2D eigenvalue weighted by atomic mass is 35.5. The van der Waals surface area contributed by atoms with Crippen LogP contribution in [-0.2, 0) is 22.1 Å². The van der Waals surface area contributed by atoms with Crippen molar-refractivity contribution in [2.45, 2.75) is 83.8 Å². The van der Waals surface area contributed by atoms with E-state index in [1.165, 1.54) is 30.4 Å². The van der Waals surface area contributed by atoms with Crippen LogP contribution in [0.5, 0.6) is 5.75 Å². The van der Waals surface area contributed by atoms with Crippen LogP contribution >= 0.6 is 11.6 Å². The quantitative estimate of drug-likeness (QED) is 0.232. The number of hydrogen-bond donors (Lipinski definition) is 4. The minimum absolute atomic E-state index is 0.0956. The number of nitrogens with two attached hydrogens (primary N) is 1. The lowest BCUT2D eigenvalue weighted by atomic mass is 9.66. The Morgan fingerprint density at radius 2 is 1.82 bits per heavy atom. The van der Waals surface area contributed by atoms with Crippen molar-refractivity contribution in [1.29, 1.82) is 0 Å². The summed E-state index contributed by atoms with van der Waals surface area (Å²) in [5.74, 6) is 3.05. The Bertz CT molecular complexity index is 1340. The van der Waals surface area contributed by atoms with Gasteiger partial charge in [0, 0.05) is 63.4 Å². The number of aryl methyl sites for hydroxylation is 1. The molecule has 2 heterocycles. The van der Waals surface area contributed by atoms with E-state index in [0.29, 0.717) is 30.6 Å². The standard InChI is InChI=1S/C33H45ClN2O3S.C5H14N2O.CH4O/c1-5-7-24-16-28(34)12-14-30(24)27-19-36-18-26-10-13-29(26)22(3)9-6-8-21(2)23(4)40(38)35-33(37)25-11-15-32(39-20-27)31(36)17-25;1-8-5-4-7-3-2-6;1-2/h11-12,14-17,21-23,26-27,29H,5-10,13,18-20H2,1-4H3,(H,35,37);7H,2-6H2,1H3;2H,1H3. The van der Waals surface area contributed by atoms with Gasteiger partial charge in [0.2, 0.25) is 0 Å². The zero-order valence-electron chi connectivity index (χ0n) is 31.2. The van der Waals surface area contributed by atoms with Crippen molar-refractivity contribution in [2.75, 3.05) is 65.1 Å². The smallest absolute Gasteiger partial charge is 0.263 e. The molecule has 2 aromatic rings. The molecule has 3 aliphatic rings. The first kappa shape index (κ1) is 42.2. The van der Waals surface area contributed by atoms with Crippen LogP contribution in [-0.4, -0.2) is 80.6 Å². The van der Waals surface area contributed by atoms with E-state index < -0.39 is 11.0 Å². The van der Waals surface area contributed by atoms with Crippen molar-refractivity contribution in [3.8, 4) is 5.75 Å². The Hall–Kier alpha value is -2.21. The monoisotopic (exact) mass is 734 g/mol. The summed E-state index contributed by atoms with van der Waals surface area (Å²) in [5, 5.41) is 10.8. The van der Waals surface area contributed by atoms with E-state index in [9.17, 15) is 9.00 Å². The van der Waals surface area contributed by atoms with Gasteiger partial charge < -0.3 is 30.5 Å². The van der Waals surface area contributed by atoms with Gasteiger partial charge in [0.05, 0.1) is 24.2 Å². The van der Waals surface area contributed by atoms with Gasteiger partial charge in [0.25, 0.3) is 5.91 Å². The number of aliphatic hydroxyl groups excluding tert-OH is 1. The largest absolute Gasteiger partial charge is 0.491 e. The zero-order valence-corrected chi connectivity index (χ0v) is 32.8. The molecule has 5 N–H and O–H groups in total. The molecule has 1 fully saturated rings. The number of fused-ring (bicyclic) bond motifs is 2. The Kier molecular flexibility index (Phi) is 18.6. The zero-order chi connectivity index (χ0) is 36.6. The van der Waals surface area contributed by atoms with Gasteiger partial charge >= 0.3 is 0 Å². The molecular formula is C39H63ClN4O5S. The molecule has 1 amide bonds. The van der Waals surface area contributed by atoms with Crippen LogP contribution in [0.3, 0.4) is 0 Å². The van der Waals surface area contributed by atoms with Crippen LogP contribution in [0.4, 0.5) is 5.69 Å². The maximum atomic E-state index is 13.3. The van der Waals surface area contributed by atoms with E-state index in [-0.39, 0.29) is 23.0 Å².